The number of anilines is 1. The minimum Gasteiger partial charge on any atom is -0.475 e. The van der Waals surface area contributed by atoms with E-state index in [0.29, 0.717) is 23.7 Å². The number of hydrogen-bond donors (Lipinski definition) is 0. The van der Waals surface area contributed by atoms with Crippen LogP contribution in [0.4, 0.5) is 5.69 Å². The summed E-state index contributed by atoms with van der Waals surface area (Å²) in [6, 6.07) is 10.8. The van der Waals surface area contributed by atoms with Crippen LogP contribution in [-0.2, 0) is 19.6 Å². The number of sulfonamides is 1. The van der Waals surface area contributed by atoms with Gasteiger partial charge in [0.25, 0.3) is 10.0 Å². The molecule has 0 fully saturated rings. The molecule has 0 radical (unpaired) electrons. The standard InChI is InChI=1S/C28H31Cl2N5O5S/c1-28(2,3)40-27(36)18-35(41(37,38)23-14-20(29)13-21(30)15-23)22-6-7-24-19(12-22)8-9-34(24)25-16-32-26(17-31-25)39-11-10-33(4)5/h6-9,12-17H,10-11,18H2,1-5H3. The number of benzene rings is 2. The predicted molar refractivity (Wildman–Crippen MR) is 160 cm³/mol. The third-order valence-electron chi connectivity index (χ3n) is 5.73. The Balaban J connectivity index is 1.68. The average molecular weight is 621 g/mol. The van der Waals surface area contributed by atoms with Gasteiger partial charge in [-0.3, -0.25) is 13.7 Å². The molecule has 0 spiro atoms. The summed E-state index contributed by atoms with van der Waals surface area (Å²) in [6.07, 6.45) is 4.95. The van der Waals surface area contributed by atoms with Crippen LogP contribution in [0.5, 0.6) is 5.88 Å². The second-order valence-electron chi connectivity index (χ2n) is 10.5. The van der Waals surface area contributed by atoms with Gasteiger partial charge in [-0.2, -0.15) is 0 Å². The molecule has 0 bridgehead atoms. The highest BCUT2D eigenvalue weighted by atomic mass is 35.5. The van der Waals surface area contributed by atoms with Crippen molar-refractivity contribution in [2.24, 2.45) is 0 Å². The van der Waals surface area contributed by atoms with Crippen LogP contribution in [-0.4, -0.2) is 73.2 Å². The van der Waals surface area contributed by atoms with E-state index in [-0.39, 0.29) is 20.6 Å². The number of aromatic nitrogens is 3. The van der Waals surface area contributed by atoms with E-state index in [1.165, 1.54) is 18.2 Å². The lowest BCUT2D eigenvalue weighted by atomic mass is 10.2. The largest absolute Gasteiger partial charge is 0.475 e. The topological polar surface area (TPSA) is 107 Å². The number of rotatable bonds is 10. The van der Waals surface area contributed by atoms with Gasteiger partial charge >= 0.3 is 5.97 Å². The maximum absolute atomic E-state index is 13.8. The molecule has 10 nitrogen and oxygen atoms in total. The molecule has 0 saturated heterocycles. The number of carbonyl (C=O) groups is 1. The molecule has 2 aromatic heterocycles. The highest BCUT2D eigenvalue weighted by Crippen LogP contribution is 2.31. The third-order valence-corrected chi connectivity index (χ3v) is 7.92. The van der Waals surface area contributed by atoms with Crippen molar-refractivity contribution in [1.82, 2.24) is 19.4 Å². The van der Waals surface area contributed by atoms with Crippen molar-refractivity contribution in [2.75, 3.05) is 38.1 Å². The van der Waals surface area contributed by atoms with E-state index >= 15 is 0 Å². The third kappa shape index (κ3) is 7.68. The van der Waals surface area contributed by atoms with Crippen LogP contribution in [0.1, 0.15) is 20.8 Å². The molecule has 0 N–H and O–H groups in total. The summed E-state index contributed by atoms with van der Waals surface area (Å²) in [5, 5.41) is 1.01. The zero-order chi connectivity index (χ0) is 29.9. The van der Waals surface area contributed by atoms with Gasteiger partial charge in [0.15, 0.2) is 5.82 Å². The minimum atomic E-state index is -4.26. The SMILES string of the molecule is CN(C)CCOc1cnc(-n2ccc3cc(N(CC(=O)OC(C)(C)C)S(=O)(=O)c4cc(Cl)cc(Cl)c4)ccc32)cn1. The van der Waals surface area contributed by atoms with Crippen molar-refractivity contribution in [3.05, 3.63) is 71.1 Å². The summed E-state index contributed by atoms with van der Waals surface area (Å²) >= 11 is 12.2. The Morgan fingerprint density at radius 2 is 1.71 bits per heavy atom. The Kier molecular flexibility index (Phi) is 9.13. The first-order valence-electron chi connectivity index (χ1n) is 12.6. The van der Waals surface area contributed by atoms with Crippen LogP contribution in [0.25, 0.3) is 16.7 Å². The lowest BCUT2D eigenvalue weighted by Crippen LogP contribution is -2.39. The summed E-state index contributed by atoms with van der Waals surface area (Å²) < 4.78 is 41.5. The van der Waals surface area contributed by atoms with Gasteiger partial charge < -0.3 is 14.4 Å². The number of ether oxygens (including phenoxy) is 2. The zero-order valence-corrected chi connectivity index (χ0v) is 25.7. The van der Waals surface area contributed by atoms with Crippen LogP contribution in [0, 0.1) is 0 Å². The molecule has 0 aliphatic carbocycles. The van der Waals surface area contributed by atoms with Crippen LogP contribution in [0.2, 0.25) is 10.0 Å². The van der Waals surface area contributed by atoms with Crippen molar-refractivity contribution in [3.63, 3.8) is 0 Å². The molecule has 0 saturated carbocycles. The highest BCUT2D eigenvalue weighted by molar-refractivity contribution is 7.92. The van der Waals surface area contributed by atoms with Crippen molar-refractivity contribution in [3.8, 4) is 11.7 Å². The molecule has 0 aliphatic heterocycles. The summed E-state index contributed by atoms with van der Waals surface area (Å²) in [4.78, 5) is 23.5. The molecular formula is C28H31Cl2N5O5S. The van der Waals surface area contributed by atoms with Gasteiger partial charge in [-0.05, 0) is 77.3 Å². The number of halogens is 2. The lowest BCUT2D eigenvalue weighted by molar-refractivity contribution is -0.152. The van der Waals surface area contributed by atoms with Crippen LogP contribution < -0.4 is 9.04 Å². The second-order valence-corrected chi connectivity index (χ2v) is 13.2. The summed E-state index contributed by atoms with van der Waals surface area (Å²) in [5.74, 6) is 0.257. The number of fused-ring (bicyclic) bond motifs is 1. The lowest BCUT2D eigenvalue weighted by Gasteiger charge is -2.26. The molecule has 13 heteroatoms. The van der Waals surface area contributed by atoms with E-state index in [9.17, 15) is 13.2 Å². The molecule has 218 valence electrons. The van der Waals surface area contributed by atoms with Crippen molar-refractivity contribution in [2.45, 2.75) is 31.3 Å². The normalized spacial score (nSPS) is 12.1. The first kappa shape index (κ1) is 30.6. The van der Waals surface area contributed by atoms with Gasteiger partial charge in [-0.15, -0.1) is 0 Å². The summed E-state index contributed by atoms with van der Waals surface area (Å²) in [7, 11) is -0.348. The zero-order valence-electron chi connectivity index (χ0n) is 23.3. The van der Waals surface area contributed by atoms with Crippen LogP contribution in [0.3, 0.4) is 0 Å². The smallest absolute Gasteiger partial charge is 0.327 e. The summed E-state index contributed by atoms with van der Waals surface area (Å²) in [6.45, 7) is 5.80. The van der Waals surface area contributed by atoms with E-state index in [1.54, 1.807) is 57.6 Å². The predicted octanol–water partition coefficient (Wildman–Crippen LogP) is 5.20. The molecule has 4 rings (SSSR count). The van der Waals surface area contributed by atoms with Crippen molar-refractivity contribution in [1.29, 1.82) is 0 Å². The van der Waals surface area contributed by atoms with Gasteiger partial charge in [0.05, 0.1) is 28.5 Å². The van der Waals surface area contributed by atoms with Gasteiger partial charge in [-0.25, -0.2) is 18.4 Å². The van der Waals surface area contributed by atoms with E-state index in [1.807, 2.05) is 29.6 Å². The van der Waals surface area contributed by atoms with Gasteiger partial charge in [0.1, 0.15) is 18.8 Å². The van der Waals surface area contributed by atoms with E-state index < -0.39 is 28.1 Å². The number of esters is 1. The number of nitrogens with zero attached hydrogens (tertiary/aromatic N) is 5. The molecule has 0 aliphatic rings. The molecule has 2 aromatic carbocycles. The fourth-order valence-electron chi connectivity index (χ4n) is 3.94. The Hall–Kier alpha value is -3.38. The quantitative estimate of drug-likeness (QED) is 0.223. The Bertz CT molecular complexity index is 1630. The minimum absolute atomic E-state index is 0.149. The molecule has 2 heterocycles. The Morgan fingerprint density at radius 1 is 1.00 bits per heavy atom. The maximum atomic E-state index is 13.8. The van der Waals surface area contributed by atoms with Crippen molar-refractivity contribution >= 4 is 55.8 Å². The molecular weight excluding hydrogens is 589 g/mol. The highest BCUT2D eigenvalue weighted by Gasteiger charge is 2.30. The monoisotopic (exact) mass is 619 g/mol. The molecule has 0 atom stereocenters. The van der Waals surface area contributed by atoms with Gasteiger partial charge in [0, 0.05) is 28.2 Å². The molecule has 41 heavy (non-hydrogen) atoms. The fraction of sp³-hybridized carbons (Fsp3) is 0.321. The Morgan fingerprint density at radius 3 is 2.32 bits per heavy atom. The number of carbonyl (C=O) groups excluding carboxylic acids is 1. The fourth-order valence-corrected chi connectivity index (χ4v) is 6.06. The molecule has 0 amide bonds. The summed E-state index contributed by atoms with van der Waals surface area (Å²) in [5.41, 5.74) is 0.207. The van der Waals surface area contributed by atoms with Gasteiger partial charge in [0.2, 0.25) is 5.88 Å². The average Bonchev–Trinajstić information content (AvgIpc) is 3.29. The molecule has 4 aromatic rings. The van der Waals surface area contributed by atoms with Crippen LogP contribution >= 0.6 is 23.2 Å². The van der Waals surface area contributed by atoms with E-state index in [0.717, 1.165) is 16.4 Å². The van der Waals surface area contributed by atoms with Crippen LogP contribution in [0.15, 0.2) is 66.0 Å². The van der Waals surface area contributed by atoms with E-state index in [2.05, 4.69) is 9.97 Å². The van der Waals surface area contributed by atoms with Gasteiger partial charge in [-0.1, -0.05) is 23.2 Å². The maximum Gasteiger partial charge on any atom is 0.327 e. The van der Waals surface area contributed by atoms with E-state index in [4.69, 9.17) is 32.7 Å². The Labute approximate surface area is 249 Å². The number of hydrogen-bond acceptors (Lipinski definition) is 8. The number of likely N-dealkylation sites (N-methyl/N-ethyl adjacent to an activating group) is 1. The van der Waals surface area contributed by atoms with Crippen molar-refractivity contribution < 1.29 is 22.7 Å². The first-order chi connectivity index (χ1) is 19.2. The second kappa shape index (κ2) is 12.2. The first-order valence-corrected chi connectivity index (χ1v) is 14.8. The molecule has 0 unspecified atom stereocenters.